The van der Waals surface area contributed by atoms with E-state index in [-0.39, 0.29) is 36.1 Å². The maximum absolute atomic E-state index is 14.0. The first-order chi connectivity index (χ1) is 24.6. The maximum Gasteiger partial charge on any atom is 0.461 e. The standard InChI is InChI=1S/C40H50BN3O8/c1-38(2,3)50-36(46)29-15-11-14-25(35(29)48-7)18-28(41-51-32-20-27-19-31(39(27,4)5)40(32,6)52-41)21-30(45)34(42)26-16-17-33(43-22-26)44-37(47)49-23-24-12-9-8-10-13-24/h8-17,22,27-28,31-32,34H,18-21,23,42H2,1-7H3,(H,43,44,47)/t27-,28-,31+,32?,34?,40+/m1/s1. The molecule has 6 atom stereocenters. The molecule has 4 aliphatic rings. The Balaban J connectivity index is 1.19. The number of nitrogens with zero attached hydrogens (tertiary/aromatic N) is 1. The second-order valence-electron chi connectivity index (χ2n) is 16.1. The van der Waals surface area contributed by atoms with Crippen LogP contribution in [0.4, 0.5) is 10.6 Å². The highest BCUT2D eigenvalue weighted by Crippen LogP contribution is 2.66. The van der Waals surface area contributed by atoms with Crippen LogP contribution < -0.4 is 15.8 Å². The first-order valence-electron chi connectivity index (χ1n) is 18.0. The normalized spacial score (nSPS) is 24.2. The lowest BCUT2D eigenvalue weighted by atomic mass is 9.43. The van der Waals surface area contributed by atoms with Crippen LogP contribution in [0.2, 0.25) is 5.82 Å². The van der Waals surface area contributed by atoms with Gasteiger partial charge in [0.05, 0.1) is 24.9 Å². The molecule has 0 radical (unpaired) electrons. The van der Waals surface area contributed by atoms with Gasteiger partial charge in [-0.1, -0.05) is 62.4 Å². The average Bonchev–Trinajstić information content (AvgIpc) is 3.47. The van der Waals surface area contributed by atoms with E-state index in [0.29, 0.717) is 35.1 Å². The SMILES string of the molecule is COc1c(C[C@H](CC(=O)C(N)c2ccc(NC(=O)OCc3ccccc3)nc2)B2OC3C[C@H]4C[C@@H](C4(C)C)[C@]3(C)O2)cccc1C(=O)OC(C)(C)C. The van der Waals surface area contributed by atoms with Crippen molar-refractivity contribution in [3.05, 3.63) is 89.1 Å². The van der Waals surface area contributed by atoms with Gasteiger partial charge < -0.3 is 29.3 Å². The van der Waals surface area contributed by atoms with Crippen molar-refractivity contribution in [2.75, 3.05) is 12.4 Å². The van der Waals surface area contributed by atoms with Crippen molar-refractivity contribution in [3.63, 3.8) is 0 Å². The molecule has 276 valence electrons. The molecular formula is C40H50BN3O8. The number of hydrogen-bond donors (Lipinski definition) is 2. The topological polar surface area (TPSA) is 148 Å². The summed E-state index contributed by atoms with van der Waals surface area (Å²) in [5, 5.41) is 2.60. The molecule has 2 unspecified atom stereocenters. The first-order valence-corrected chi connectivity index (χ1v) is 18.0. The number of methoxy groups -OCH3 is 1. The fraction of sp³-hybridized carbons (Fsp3) is 0.500. The van der Waals surface area contributed by atoms with Crippen LogP contribution in [0.1, 0.15) is 93.9 Å². The smallest absolute Gasteiger partial charge is 0.461 e. The number of aromatic nitrogens is 1. The Kier molecular flexibility index (Phi) is 10.6. The second-order valence-corrected chi connectivity index (χ2v) is 16.1. The summed E-state index contributed by atoms with van der Waals surface area (Å²) in [6.07, 6.45) is 3.11. The van der Waals surface area contributed by atoms with Crippen molar-refractivity contribution < 1.29 is 37.9 Å². The largest absolute Gasteiger partial charge is 0.496 e. The van der Waals surface area contributed by atoms with Gasteiger partial charge in [-0.3, -0.25) is 10.1 Å². The molecule has 2 aromatic carbocycles. The average molecular weight is 712 g/mol. The van der Waals surface area contributed by atoms with Gasteiger partial charge in [0.25, 0.3) is 0 Å². The summed E-state index contributed by atoms with van der Waals surface area (Å²) in [4.78, 5) is 43.8. The quantitative estimate of drug-likeness (QED) is 0.147. The number of nitrogens with one attached hydrogen (secondary N) is 1. The highest BCUT2D eigenvalue weighted by molar-refractivity contribution is 6.48. The molecule has 3 aliphatic carbocycles. The number of hydrogen-bond acceptors (Lipinski definition) is 10. The highest BCUT2D eigenvalue weighted by Gasteiger charge is 2.68. The van der Waals surface area contributed by atoms with Crippen molar-refractivity contribution in [2.24, 2.45) is 23.0 Å². The van der Waals surface area contributed by atoms with E-state index in [2.05, 4.69) is 31.1 Å². The van der Waals surface area contributed by atoms with Crippen molar-refractivity contribution in [2.45, 2.75) is 103 Å². The summed E-state index contributed by atoms with van der Waals surface area (Å²) in [5.41, 5.74) is 7.92. The van der Waals surface area contributed by atoms with Crippen molar-refractivity contribution >= 4 is 30.8 Å². The Hall–Kier alpha value is -4.26. The van der Waals surface area contributed by atoms with Crippen molar-refractivity contribution in [1.29, 1.82) is 0 Å². The maximum atomic E-state index is 14.0. The minimum Gasteiger partial charge on any atom is -0.496 e. The number of benzene rings is 2. The van der Waals surface area contributed by atoms with E-state index in [1.807, 2.05) is 57.2 Å². The van der Waals surface area contributed by atoms with Gasteiger partial charge in [-0.15, -0.1) is 0 Å². The van der Waals surface area contributed by atoms with Crippen LogP contribution in [0.25, 0.3) is 0 Å². The molecule has 3 aromatic rings. The molecule has 1 amide bonds. The Morgan fingerprint density at radius 3 is 2.44 bits per heavy atom. The van der Waals surface area contributed by atoms with Gasteiger partial charge in [0.15, 0.2) is 5.78 Å². The number of carbonyl (C=O) groups is 3. The van der Waals surface area contributed by atoms with Crippen LogP contribution in [0.3, 0.4) is 0 Å². The minimum absolute atomic E-state index is 0.0394. The molecular weight excluding hydrogens is 661 g/mol. The molecule has 3 saturated carbocycles. The number of nitrogens with two attached hydrogens (primary N) is 1. The van der Waals surface area contributed by atoms with E-state index in [9.17, 15) is 14.4 Å². The summed E-state index contributed by atoms with van der Waals surface area (Å²) in [6, 6.07) is 17.0. The van der Waals surface area contributed by atoms with Gasteiger partial charge in [-0.05, 0) is 93.0 Å². The number of para-hydroxylation sites is 1. The summed E-state index contributed by atoms with van der Waals surface area (Å²) in [6.45, 7) is 12.3. The third kappa shape index (κ3) is 7.74. The Labute approximate surface area is 306 Å². The zero-order valence-electron chi connectivity index (χ0n) is 31.1. The summed E-state index contributed by atoms with van der Waals surface area (Å²) >= 11 is 0. The third-order valence-electron chi connectivity index (χ3n) is 11.2. The molecule has 1 saturated heterocycles. The Bertz CT molecular complexity index is 1780. The number of ether oxygens (including phenoxy) is 3. The first kappa shape index (κ1) is 37.5. The zero-order valence-corrected chi connectivity index (χ0v) is 31.1. The van der Waals surface area contributed by atoms with Crippen LogP contribution >= 0.6 is 0 Å². The molecule has 1 aliphatic heterocycles. The molecule has 11 nitrogen and oxygen atoms in total. The fourth-order valence-electron chi connectivity index (χ4n) is 8.23. The lowest BCUT2D eigenvalue weighted by Gasteiger charge is -2.64. The molecule has 12 heteroatoms. The summed E-state index contributed by atoms with van der Waals surface area (Å²) < 4.78 is 30.3. The lowest BCUT2D eigenvalue weighted by Crippen LogP contribution is -2.65. The van der Waals surface area contributed by atoms with E-state index in [4.69, 9.17) is 29.3 Å². The van der Waals surface area contributed by atoms with Crippen LogP contribution in [-0.4, -0.2) is 54.4 Å². The lowest BCUT2D eigenvalue weighted by molar-refractivity contribution is -0.199. The van der Waals surface area contributed by atoms with E-state index < -0.39 is 42.2 Å². The predicted octanol–water partition coefficient (Wildman–Crippen LogP) is 7.09. The molecule has 2 heterocycles. The number of esters is 1. The third-order valence-corrected chi connectivity index (χ3v) is 11.2. The van der Waals surface area contributed by atoms with E-state index >= 15 is 0 Å². The van der Waals surface area contributed by atoms with Crippen molar-refractivity contribution in [1.82, 2.24) is 4.98 Å². The van der Waals surface area contributed by atoms with Crippen LogP contribution in [0, 0.1) is 17.3 Å². The predicted molar refractivity (Wildman–Crippen MR) is 197 cm³/mol. The molecule has 3 N–H and O–H groups in total. The Morgan fingerprint density at radius 2 is 1.79 bits per heavy atom. The number of amides is 1. The number of ketones is 1. The number of carbonyl (C=O) groups excluding carboxylic acids is 3. The van der Waals surface area contributed by atoms with Crippen LogP contribution in [0.5, 0.6) is 5.75 Å². The molecule has 7 rings (SSSR count). The number of anilines is 1. The summed E-state index contributed by atoms with van der Waals surface area (Å²) in [5.74, 6) is 0.383. The van der Waals surface area contributed by atoms with Gasteiger partial charge in [0, 0.05) is 18.4 Å². The van der Waals surface area contributed by atoms with E-state index in [1.54, 1.807) is 24.3 Å². The van der Waals surface area contributed by atoms with Gasteiger partial charge in [-0.2, -0.15) is 0 Å². The summed E-state index contributed by atoms with van der Waals surface area (Å²) in [7, 11) is 0.841. The number of pyridine rings is 1. The van der Waals surface area contributed by atoms with E-state index in [1.165, 1.54) is 13.3 Å². The monoisotopic (exact) mass is 711 g/mol. The second kappa shape index (κ2) is 14.6. The van der Waals surface area contributed by atoms with Crippen LogP contribution in [0.15, 0.2) is 66.9 Å². The minimum atomic E-state index is -0.991. The molecule has 52 heavy (non-hydrogen) atoms. The zero-order chi connectivity index (χ0) is 37.4. The van der Waals surface area contributed by atoms with E-state index in [0.717, 1.165) is 24.0 Å². The number of rotatable bonds is 12. The molecule has 2 bridgehead atoms. The Morgan fingerprint density at radius 1 is 1.04 bits per heavy atom. The highest BCUT2D eigenvalue weighted by atomic mass is 16.7. The van der Waals surface area contributed by atoms with Gasteiger partial charge in [0.1, 0.15) is 29.3 Å². The van der Waals surface area contributed by atoms with Crippen molar-refractivity contribution in [3.8, 4) is 5.75 Å². The fourth-order valence-corrected chi connectivity index (χ4v) is 8.23. The molecule has 0 spiro atoms. The van der Waals surface area contributed by atoms with Gasteiger partial charge >= 0.3 is 19.2 Å². The molecule has 1 aromatic heterocycles. The van der Waals surface area contributed by atoms with Gasteiger partial charge in [-0.25, -0.2) is 14.6 Å². The molecule has 4 fully saturated rings. The number of Topliss-reactive ketones (excluding diaryl/α,β-unsaturated/α-hetero) is 1. The van der Waals surface area contributed by atoms with Gasteiger partial charge in [0.2, 0.25) is 0 Å². The van der Waals surface area contributed by atoms with Crippen LogP contribution in [-0.2, 0) is 36.6 Å².